The highest BCUT2D eigenvalue weighted by Gasteiger charge is 2.37. The van der Waals surface area contributed by atoms with Crippen molar-refractivity contribution in [1.29, 1.82) is 0 Å². The number of amides is 1. The Hall–Kier alpha value is -4.01. The summed E-state index contributed by atoms with van der Waals surface area (Å²) in [6, 6.07) is 6.40. The summed E-state index contributed by atoms with van der Waals surface area (Å²) >= 11 is 0. The molecule has 4 rings (SSSR count). The van der Waals surface area contributed by atoms with Crippen molar-refractivity contribution in [2.45, 2.75) is 31.2 Å². The number of benzene rings is 1. The quantitative estimate of drug-likeness (QED) is 0.231. The number of carbonyl (C=O) groups is 1. The lowest BCUT2D eigenvalue weighted by Gasteiger charge is -2.14. The molecule has 0 saturated heterocycles. The van der Waals surface area contributed by atoms with E-state index in [-0.39, 0.29) is 33.5 Å². The molecule has 15 heteroatoms. The average Bonchev–Trinajstić information content (AvgIpc) is 3.35. The number of rotatable bonds is 7. The Morgan fingerprint density at radius 3 is 2.42 bits per heavy atom. The van der Waals surface area contributed by atoms with Gasteiger partial charge in [-0.05, 0) is 42.0 Å². The smallest absolute Gasteiger partial charge is 0.433 e. The summed E-state index contributed by atoms with van der Waals surface area (Å²) < 4.78 is 118. The van der Waals surface area contributed by atoms with Crippen LogP contribution in [0.3, 0.4) is 0 Å². The first kappa shape index (κ1) is 29.0. The minimum absolute atomic E-state index is 0.0279. The predicted molar refractivity (Wildman–Crippen MR) is 132 cm³/mol. The lowest BCUT2D eigenvalue weighted by atomic mass is 10.0. The van der Waals surface area contributed by atoms with Gasteiger partial charge in [0.15, 0.2) is 0 Å². The summed E-state index contributed by atoms with van der Waals surface area (Å²) in [5.74, 6) is -8.68. The molecule has 0 spiro atoms. The number of hydrogen-bond donors (Lipinski definition) is 1. The number of fused-ring (bicyclic) bond motifs is 1. The molecule has 40 heavy (non-hydrogen) atoms. The molecule has 1 N–H and O–H groups in total. The molecule has 212 valence electrons. The summed E-state index contributed by atoms with van der Waals surface area (Å²) in [5, 5.41) is 2.58. The average molecular weight is 589 g/mol. The van der Waals surface area contributed by atoms with E-state index < -0.39 is 63.1 Å². The number of furan rings is 1. The normalized spacial score (nSPS) is 13.7. The molecule has 1 atom stereocenters. The Labute approximate surface area is 222 Å². The fraction of sp³-hybridized carbons (Fsp3) is 0.240. The standard InChI is InChI=1S/C25H19F7N4O3S/c1-3-24(28,29)23(37)36-40(2,38)12-13-8-19(25(30,31)32)34-21(9-13)35-20-10-16(18(27)11-33-20)14-4-5-17(26)15-6-7-39-22(14)15/h4-11H,3,12H2,1-2H3,(H,33,34,35). The molecule has 0 radical (unpaired) electrons. The summed E-state index contributed by atoms with van der Waals surface area (Å²) in [6.45, 7) is 1.02. The number of nitrogens with one attached hydrogen (secondary N) is 1. The van der Waals surface area contributed by atoms with E-state index >= 15 is 0 Å². The fourth-order valence-electron chi connectivity index (χ4n) is 3.70. The van der Waals surface area contributed by atoms with E-state index in [1.807, 2.05) is 0 Å². The number of hydrogen-bond acceptors (Lipinski definition) is 6. The van der Waals surface area contributed by atoms with Crippen molar-refractivity contribution < 1.29 is 44.2 Å². The molecule has 0 fully saturated rings. The number of nitrogens with zero attached hydrogens (tertiary/aromatic N) is 3. The van der Waals surface area contributed by atoms with Crippen molar-refractivity contribution >= 4 is 38.2 Å². The van der Waals surface area contributed by atoms with Gasteiger partial charge in [-0.15, -0.1) is 0 Å². The van der Waals surface area contributed by atoms with Crippen LogP contribution < -0.4 is 5.32 Å². The van der Waals surface area contributed by atoms with Crippen LogP contribution in [0.2, 0.25) is 0 Å². The van der Waals surface area contributed by atoms with Gasteiger partial charge in [-0.2, -0.15) is 26.3 Å². The van der Waals surface area contributed by atoms with E-state index in [2.05, 4.69) is 19.6 Å². The molecule has 3 aromatic heterocycles. The largest absolute Gasteiger partial charge is 0.464 e. The molecular weight excluding hydrogens is 569 g/mol. The second-order valence-corrected chi connectivity index (χ2v) is 11.1. The summed E-state index contributed by atoms with van der Waals surface area (Å²) in [6.07, 6.45) is -3.02. The second kappa shape index (κ2) is 10.5. The van der Waals surface area contributed by atoms with Crippen molar-refractivity contribution in [3.63, 3.8) is 0 Å². The van der Waals surface area contributed by atoms with Crippen LogP contribution in [-0.2, 0) is 26.5 Å². The topological polar surface area (TPSA) is 97.5 Å². The van der Waals surface area contributed by atoms with Crippen molar-refractivity contribution in [2.75, 3.05) is 11.6 Å². The maximum Gasteiger partial charge on any atom is 0.433 e. The van der Waals surface area contributed by atoms with Crippen molar-refractivity contribution in [1.82, 2.24) is 9.97 Å². The van der Waals surface area contributed by atoms with Crippen LogP contribution in [0.15, 0.2) is 57.6 Å². The van der Waals surface area contributed by atoms with Gasteiger partial charge in [0, 0.05) is 23.8 Å². The number of alkyl halides is 5. The first-order valence-electron chi connectivity index (χ1n) is 11.4. The number of carbonyl (C=O) groups excluding carboxylic acids is 1. The van der Waals surface area contributed by atoms with Gasteiger partial charge in [0.1, 0.15) is 34.5 Å². The van der Waals surface area contributed by atoms with Crippen LogP contribution in [0.4, 0.5) is 42.4 Å². The van der Waals surface area contributed by atoms with E-state index in [1.54, 1.807) is 0 Å². The minimum Gasteiger partial charge on any atom is -0.464 e. The molecule has 1 unspecified atom stereocenters. The Morgan fingerprint density at radius 2 is 1.75 bits per heavy atom. The third-order valence-electron chi connectivity index (χ3n) is 5.61. The third kappa shape index (κ3) is 6.24. The van der Waals surface area contributed by atoms with Gasteiger partial charge in [-0.3, -0.25) is 4.79 Å². The Morgan fingerprint density at radius 1 is 1.02 bits per heavy atom. The second-order valence-electron chi connectivity index (χ2n) is 8.73. The van der Waals surface area contributed by atoms with Gasteiger partial charge >= 0.3 is 18.0 Å². The van der Waals surface area contributed by atoms with Gasteiger partial charge in [-0.25, -0.2) is 23.0 Å². The Balaban J connectivity index is 1.73. The van der Waals surface area contributed by atoms with Crippen LogP contribution in [0.1, 0.15) is 24.6 Å². The molecule has 0 bridgehead atoms. The monoisotopic (exact) mass is 588 g/mol. The van der Waals surface area contributed by atoms with Gasteiger partial charge in [0.05, 0.1) is 33.3 Å². The first-order chi connectivity index (χ1) is 18.6. The number of halogens is 7. The molecule has 1 amide bonds. The van der Waals surface area contributed by atoms with Crippen molar-refractivity contribution in [3.05, 3.63) is 71.8 Å². The molecule has 4 aromatic rings. The van der Waals surface area contributed by atoms with E-state index in [1.165, 1.54) is 18.4 Å². The van der Waals surface area contributed by atoms with Gasteiger partial charge in [-0.1, -0.05) is 6.92 Å². The van der Waals surface area contributed by atoms with Crippen LogP contribution in [0, 0.1) is 11.6 Å². The van der Waals surface area contributed by atoms with Crippen LogP contribution in [0.25, 0.3) is 22.1 Å². The minimum atomic E-state index is -4.97. The summed E-state index contributed by atoms with van der Waals surface area (Å²) in [7, 11) is -3.73. The molecule has 3 heterocycles. The van der Waals surface area contributed by atoms with Crippen molar-refractivity contribution in [2.24, 2.45) is 4.36 Å². The van der Waals surface area contributed by atoms with E-state index in [9.17, 15) is 39.7 Å². The van der Waals surface area contributed by atoms with E-state index in [4.69, 9.17) is 4.42 Å². The molecule has 7 nitrogen and oxygen atoms in total. The van der Waals surface area contributed by atoms with E-state index in [0.717, 1.165) is 37.6 Å². The maximum absolute atomic E-state index is 14.7. The van der Waals surface area contributed by atoms with Gasteiger partial charge < -0.3 is 9.73 Å². The molecular formula is C25H19F7N4O3S. The molecule has 0 aliphatic rings. The summed E-state index contributed by atoms with van der Waals surface area (Å²) in [4.78, 5) is 19.0. The first-order valence-corrected chi connectivity index (χ1v) is 13.5. The van der Waals surface area contributed by atoms with Crippen LogP contribution >= 0.6 is 0 Å². The highest BCUT2D eigenvalue weighted by atomic mass is 32.2. The van der Waals surface area contributed by atoms with E-state index in [0.29, 0.717) is 6.07 Å². The zero-order valence-corrected chi connectivity index (χ0v) is 21.5. The molecule has 0 aliphatic carbocycles. The van der Waals surface area contributed by atoms with Crippen molar-refractivity contribution in [3.8, 4) is 11.1 Å². The number of anilines is 2. The highest BCUT2D eigenvalue weighted by Crippen LogP contribution is 2.35. The summed E-state index contributed by atoms with van der Waals surface area (Å²) in [5.41, 5.74) is -1.66. The van der Waals surface area contributed by atoms with Crippen LogP contribution in [0.5, 0.6) is 0 Å². The predicted octanol–water partition coefficient (Wildman–Crippen LogP) is 7.10. The SMILES string of the molecule is CCC(F)(F)C(=O)N=S(C)(=O)Cc1cc(Nc2cc(-c3ccc(F)c4ccoc34)c(F)cn2)nc(C(F)(F)F)c1. The Kier molecular flexibility index (Phi) is 7.62. The number of aromatic nitrogens is 2. The van der Waals surface area contributed by atoms with Crippen LogP contribution in [-0.4, -0.2) is 32.3 Å². The zero-order chi connectivity index (χ0) is 29.5. The number of pyridine rings is 2. The lowest BCUT2D eigenvalue weighted by Crippen LogP contribution is -2.27. The van der Waals surface area contributed by atoms with Gasteiger partial charge in [0.25, 0.3) is 0 Å². The lowest BCUT2D eigenvalue weighted by molar-refractivity contribution is -0.142. The fourth-order valence-corrected chi connectivity index (χ4v) is 5.03. The molecule has 0 aliphatic heterocycles. The third-order valence-corrected chi connectivity index (χ3v) is 7.03. The Bertz CT molecular complexity index is 1730. The molecule has 1 aromatic carbocycles. The molecule has 0 saturated carbocycles. The highest BCUT2D eigenvalue weighted by molar-refractivity contribution is 7.92. The van der Waals surface area contributed by atoms with Gasteiger partial charge in [0.2, 0.25) is 0 Å². The maximum atomic E-state index is 14.7. The zero-order valence-electron chi connectivity index (χ0n) is 20.7.